The SMILES string of the molecule is CN(Cc1ccc(CC(=O)NN)cc1)CC1(O)CCCC1. The van der Waals surface area contributed by atoms with Crippen molar-refractivity contribution < 1.29 is 9.90 Å². The van der Waals surface area contributed by atoms with E-state index < -0.39 is 5.60 Å². The van der Waals surface area contributed by atoms with Crippen LogP contribution in [0.5, 0.6) is 0 Å². The van der Waals surface area contributed by atoms with Gasteiger partial charge in [0.25, 0.3) is 0 Å². The van der Waals surface area contributed by atoms with Crippen molar-refractivity contribution in [1.82, 2.24) is 10.3 Å². The van der Waals surface area contributed by atoms with E-state index in [4.69, 9.17) is 5.84 Å². The standard InChI is InChI=1S/C16H25N3O2/c1-19(12-16(21)8-2-3-9-16)11-14-6-4-13(5-7-14)10-15(20)18-17/h4-7,21H,2-3,8-12,17H2,1H3,(H,18,20). The fraction of sp³-hybridized carbons (Fsp3) is 0.562. The highest BCUT2D eigenvalue weighted by Gasteiger charge is 2.31. The molecule has 0 spiro atoms. The van der Waals surface area contributed by atoms with E-state index in [9.17, 15) is 9.90 Å². The molecule has 5 nitrogen and oxygen atoms in total. The molecule has 2 rings (SSSR count). The largest absolute Gasteiger partial charge is 0.389 e. The summed E-state index contributed by atoms with van der Waals surface area (Å²) in [6.45, 7) is 1.51. The van der Waals surface area contributed by atoms with Crippen molar-refractivity contribution in [3.05, 3.63) is 35.4 Å². The van der Waals surface area contributed by atoms with Crippen LogP contribution < -0.4 is 11.3 Å². The van der Waals surface area contributed by atoms with Crippen LogP contribution in [-0.4, -0.2) is 35.1 Å². The van der Waals surface area contributed by atoms with E-state index in [0.29, 0.717) is 13.0 Å². The monoisotopic (exact) mass is 291 g/mol. The molecule has 0 radical (unpaired) electrons. The van der Waals surface area contributed by atoms with Crippen LogP contribution in [0.4, 0.5) is 0 Å². The predicted molar refractivity (Wildman–Crippen MR) is 82.2 cm³/mol. The smallest absolute Gasteiger partial charge is 0.238 e. The first-order chi connectivity index (χ1) is 10.0. The van der Waals surface area contributed by atoms with Gasteiger partial charge in [-0.2, -0.15) is 0 Å². The minimum atomic E-state index is -0.506. The third-order valence-corrected chi connectivity index (χ3v) is 4.10. The Morgan fingerprint density at radius 2 is 1.86 bits per heavy atom. The molecule has 0 aliphatic heterocycles. The number of hydrogen-bond donors (Lipinski definition) is 3. The van der Waals surface area contributed by atoms with Gasteiger partial charge in [0.2, 0.25) is 5.91 Å². The van der Waals surface area contributed by atoms with Crippen LogP contribution >= 0.6 is 0 Å². The lowest BCUT2D eigenvalue weighted by atomic mass is 10.0. The van der Waals surface area contributed by atoms with Gasteiger partial charge in [-0.3, -0.25) is 15.1 Å². The van der Waals surface area contributed by atoms with E-state index in [-0.39, 0.29) is 5.91 Å². The summed E-state index contributed by atoms with van der Waals surface area (Å²) in [4.78, 5) is 13.4. The van der Waals surface area contributed by atoms with Crippen molar-refractivity contribution in [2.24, 2.45) is 5.84 Å². The molecule has 0 unspecified atom stereocenters. The second kappa shape index (κ2) is 7.02. The summed E-state index contributed by atoms with van der Waals surface area (Å²) >= 11 is 0. The third kappa shape index (κ3) is 4.81. The number of nitrogens with two attached hydrogens (primary N) is 1. The van der Waals surface area contributed by atoms with E-state index in [1.165, 1.54) is 5.56 Å². The van der Waals surface area contributed by atoms with E-state index in [0.717, 1.165) is 37.8 Å². The fourth-order valence-electron chi connectivity index (χ4n) is 3.06. The van der Waals surface area contributed by atoms with Gasteiger partial charge in [0.05, 0.1) is 12.0 Å². The Morgan fingerprint density at radius 1 is 1.29 bits per heavy atom. The van der Waals surface area contributed by atoms with Crippen LogP contribution in [0, 0.1) is 0 Å². The molecular formula is C16H25N3O2. The van der Waals surface area contributed by atoms with Crippen molar-refractivity contribution in [3.8, 4) is 0 Å². The maximum absolute atomic E-state index is 11.2. The van der Waals surface area contributed by atoms with Crippen LogP contribution in [-0.2, 0) is 17.8 Å². The molecule has 0 saturated heterocycles. The molecule has 0 aromatic heterocycles. The zero-order chi connectivity index (χ0) is 15.3. The van der Waals surface area contributed by atoms with Gasteiger partial charge in [-0.05, 0) is 31.0 Å². The van der Waals surface area contributed by atoms with E-state index in [1.54, 1.807) is 0 Å². The Labute approximate surface area is 126 Å². The molecule has 1 aromatic carbocycles. The number of aliphatic hydroxyl groups is 1. The quantitative estimate of drug-likeness (QED) is 0.414. The molecule has 0 bridgehead atoms. The van der Waals surface area contributed by atoms with Crippen LogP contribution in [0.25, 0.3) is 0 Å². The van der Waals surface area contributed by atoms with Crippen molar-refractivity contribution in [2.45, 2.75) is 44.2 Å². The summed E-state index contributed by atoms with van der Waals surface area (Å²) in [5, 5.41) is 10.4. The van der Waals surface area contributed by atoms with Crippen LogP contribution in [0.3, 0.4) is 0 Å². The van der Waals surface area contributed by atoms with E-state index in [2.05, 4.69) is 10.3 Å². The second-order valence-electron chi connectivity index (χ2n) is 6.16. The van der Waals surface area contributed by atoms with Gasteiger partial charge in [0.15, 0.2) is 0 Å². The van der Waals surface area contributed by atoms with Crippen molar-refractivity contribution >= 4 is 5.91 Å². The van der Waals surface area contributed by atoms with Crippen molar-refractivity contribution in [2.75, 3.05) is 13.6 Å². The van der Waals surface area contributed by atoms with Gasteiger partial charge < -0.3 is 5.11 Å². The zero-order valence-corrected chi connectivity index (χ0v) is 12.6. The number of hydrogen-bond acceptors (Lipinski definition) is 4. The zero-order valence-electron chi connectivity index (χ0n) is 12.6. The number of nitrogens with zero attached hydrogens (tertiary/aromatic N) is 1. The molecule has 1 fully saturated rings. The summed E-state index contributed by atoms with van der Waals surface area (Å²) in [6.07, 6.45) is 4.37. The fourth-order valence-corrected chi connectivity index (χ4v) is 3.06. The van der Waals surface area contributed by atoms with Crippen molar-refractivity contribution in [3.63, 3.8) is 0 Å². The lowest BCUT2D eigenvalue weighted by Gasteiger charge is -2.28. The molecule has 0 atom stereocenters. The van der Waals surface area contributed by atoms with E-state index >= 15 is 0 Å². The lowest BCUT2D eigenvalue weighted by Crippen LogP contribution is -2.38. The number of amides is 1. The average Bonchev–Trinajstić information content (AvgIpc) is 2.87. The van der Waals surface area contributed by atoms with E-state index in [1.807, 2.05) is 31.3 Å². The molecule has 1 aliphatic carbocycles. The summed E-state index contributed by atoms with van der Waals surface area (Å²) in [6, 6.07) is 7.94. The van der Waals surface area contributed by atoms with Crippen LogP contribution in [0.2, 0.25) is 0 Å². The number of hydrazine groups is 1. The maximum atomic E-state index is 11.2. The van der Waals surface area contributed by atoms with Crippen molar-refractivity contribution in [1.29, 1.82) is 0 Å². The Hall–Kier alpha value is -1.43. The van der Waals surface area contributed by atoms with Crippen LogP contribution in [0.15, 0.2) is 24.3 Å². The molecule has 1 amide bonds. The first-order valence-corrected chi connectivity index (χ1v) is 7.49. The topological polar surface area (TPSA) is 78.6 Å². The first-order valence-electron chi connectivity index (χ1n) is 7.49. The average molecular weight is 291 g/mol. The first kappa shape index (κ1) is 15.9. The van der Waals surface area contributed by atoms with Gasteiger partial charge >= 0.3 is 0 Å². The number of rotatable bonds is 6. The Bertz CT molecular complexity index is 467. The number of likely N-dealkylation sites (N-methyl/N-ethyl adjacent to an activating group) is 1. The molecule has 4 N–H and O–H groups in total. The number of benzene rings is 1. The van der Waals surface area contributed by atoms with Gasteiger partial charge in [-0.1, -0.05) is 37.1 Å². The van der Waals surface area contributed by atoms with Gasteiger partial charge in [0, 0.05) is 13.1 Å². The van der Waals surface area contributed by atoms with Gasteiger partial charge in [0.1, 0.15) is 0 Å². The highest BCUT2D eigenvalue weighted by Crippen LogP contribution is 2.30. The highest BCUT2D eigenvalue weighted by molar-refractivity contribution is 5.77. The number of carbonyl (C=O) groups is 1. The lowest BCUT2D eigenvalue weighted by molar-refractivity contribution is -0.120. The molecule has 0 heterocycles. The molecular weight excluding hydrogens is 266 g/mol. The highest BCUT2D eigenvalue weighted by atomic mass is 16.3. The summed E-state index contributed by atoms with van der Waals surface area (Å²) in [7, 11) is 2.03. The second-order valence-corrected chi connectivity index (χ2v) is 6.16. The Morgan fingerprint density at radius 3 is 2.43 bits per heavy atom. The Kier molecular flexibility index (Phi) is 5.33. The maximum Gasteiger partial charge on any atom is 0.238 e. The summed E-state index contributed by atoms with van der Waals surface area (Å²) in [5.74, 6) is 4.88. The van der Waals surface area contributed by atoms with Gasteiger partial charge in [-0.15, -0.1) is 0 Å². The molecule has 1 aromatic rings. The summed E-state index contributed by atoms with van der Waals surface area (Å²) < 4.78 is 0. The minimum Gasteiger partial charge on any atom is -0.389 e. The molecule has 1 aliphatic rings. The molecule has 116 valence electrons. The number of nitrogens with one attached hydrogen (secondary N) is 1. The van der Waals surface area contributed by atoms with Crippen LogP contribution in [0.1, 0.15) is 36.8 Å². The third-order valence-electron chi connectivity index (χ3n) is 4.10. The number of carbonyl (C=O) groups excluding carboxylic acids is 1. The normalized spacial score (nSPS) is 17.1. The molecule has 21 heavy (non-hydrogen) atoms. The Balaban J connectivity index is 1.86. The van der Waals surface area contributed by atoms with Gasteiger partial charge in [-0.25, -0.2) is 5.84 Å². The molecule has 1 saturated carbocycles. The summed E-state index contributed by atoms with van der Waals surface area (Å²) in [5.41, 5.74) is 3.74. The predicted octanol–water partition coefficient (Wildman–Crippen LogP) is 0.956. The minimum absolute atomic E-state index is 0.191. The molecule has 5 heteroatoms.